The number of nitrogens with two attached hydrogens (primary N) is 1. The molecule has 3 nitrogen and oxygen atoms in total. The van der Waals surface area contributed by atoms with E-state index in [-0.39, 0.29) is 11.6 Å². The van der Waals surface area contributed by atoms with Crippen LogP contribution in [0.3, 0.4) is 0 Å². The monoisotopic (exact) mass is 256 g/mol. The summed E-state index contributed by atoms with van der Waals surface area (Å²) in [4.78, 5) is 0. The lowest BCUT2D eigenvalue weighted by molar-refractivity contribution is -0.0996. The highest BCUT2D eigenvalue weighted by Crippen LogP contribution is 2.45. The molecule has 3 heteroatoms. The van der Waals surface area contributed by atoms with Crippen molar-refractivity contribution in [2.75, 3.05) is 7.11 Å². The van der Waals surface area contributed by atoms with Gasteiger partial charge in [-0.3, -0.25) is 11.3 Å². The van der Waals surface area contributed by atoms with Gasteiger partial charge in [-0.2, -0.15) is 0 Å². The first-order valence-corrected chi connectivity index (χ1v) is 7.46. The molecule has 1 rings (SSSR count). The molecule has 0 spiro atoms. The van der Waals surface area contributed by atoms with E-state index in [0.717, 1.165) is 25.7 Å². The number of hydrazine groups is 1. The highest BCUT2D eigenvalue weighted by Gasteiger charge is 2.45. The number of rotatable bonds is 6. The van der Waals surface area contributed by atoms with Crippen LogP contribution in [0.15, 0.2) is 0 Å². The fourth-order valence-corrected chi connectivity index (χ4v) is 3.47. The molecule has 0 bridgehead atoms. The fourth-order valence-electron chi connectivity index (χ4n) is 3.47. The minimum absolute atomic E-state index is 0.0685. The van der Waals surface area contributed by atoms with Crippen LogP contribution in [-0.2, 0) is 4.74 Å². The number of hydrogen-bond donors (Lipinski definition) is 2. The van der Waals surface area contributed by atoms with Gasteiger partial charge in [0.2, 0.25) is 0 Å². The summed E-state index contributed by atoms with van der Waals surface area (Å²) in [6.45, 7) is 9.20. The second kappa shape index (κ2) is 6.36. The quantitative estimate of drug-likeness (QED) is 0.566. The van der Waals surface area contributed by atoms with Gasteiger partial charge in [-0.1, -0.05) is 40.5 Å². The molecule has 0 radical (unpaired) electrons. The van der Waals surface area contributed by atoms with Crippen molar-refractivity contribution in [3.8, 4) is 0 Å². The molecule has 1 atom stereocenters. The van der Waals surface area contributed by atoms with Crippen molar-refractivity contribution in [1.29, 1.82) is 0 Å². The minimum atomic E-state index is -0.0685. The van der Waals surface area contributed by atoms with Gasteiger partial charge in [-0.05, 0) is 37.0 Å². The van der Waals surface area contributed by atoms with Gasteiger partial charge in [0.15, 0.2) is 0 Å². The largest absolute Gasteiger partial charge is 0.377 e. The summed E-state index contributed by atoms with van der Waals surface area (Å²) in [6.07, 6.45) is 6.97. The van der Waals surface area contributed by atoms with E-state index in [2.05, 4.69) is 33.1 Å². The molecule has 1 unspecified atom stereocenters. The summed E-state index contributed by atoms with van der Waals surface area (Å²) in [5.74, 6) is 6.45. The van der Waals surface area contributed by atoms with E-state index in [0.29, 0.717) is 11.3 Å². The van der Waals surface area contributed by atoms with Crippen LogP contribution in [0.2, 0.25) is 0 Å². The van der Waals surface area contributed by atoms with Crippen LogP contribution >= 0.6 is 0 Å². The third-order valence-electron chi connectivity index (χ3n) is 5.12. The van der Waals surface area contributed by atoms with E-state index in [1.54, 1.807) is 0 Å². The maximum absolute atomic E-state index is 5.97. The molecule has 0 saturated heterocycles. The minimum Gasteiger partial charge on any atom is -0.377 e. The zero-order valence-corrected chi connectivity index (χ0v) is 12.9. The number of nitrogens with one attached hydrogen (secondary N) is 1. The molecule has 1 fully saturated rings. The topological polar surface area (TPSA) is 47.3 Å². The number of ether oxygens (including phenoxy) is 1. The molecule has 0 aromatic heterocycles. The Morgan fingerprint density at radius 1 is 1.11 bits per heavy atom. The summed E-state index contributed by atoms with van der Waals surface area (Å²) in [5, 5.41) is 0. The van der Waals surface area contributed by atoms with E-state index in [4.69, 9.17) is 10.6 Å². The molecule has 0 aromatic rings. The second-order valence-electron chi connectivity index (χ2n) is 6.65. The van der Waals surface area contributed by atoms with Gasteiger partial charge < -0.3 is 4.74 Å². The lowest BCUT2D eigenvalue weighted by Crippen LogP contribution is -2.59. The Bertz CT molecular complexity index is 239. The normalized spacial score (nSPS) is 24.2. The maximum Gasteiger partial charge on any atom is 0.0847 e. The molecule has 18 heavy (non-hydrogen) atoms. The summed E-state index contributed by atoms with van der Waals surface area (Å²) in [6, 6.07) is 0.272. The molecule has 0 aliphatic heterocycles. The van der Waals surface area contributed by atoms with Gasteiger partial charge in [-0.25, -0.2) is 0 Å². The Labute approximate surface area is 113 Å². The summed E-state index contributed by atoms with van der Waals surface area (Å²) in [5.41, 5.74) is 3.45. The Morgan fingerprint density at radius 2 is 1.61 bits per heavy atom. The third kappa shape index (κ3) is 3.25. The van der Waals surface area contributed by atoms with Gasteiger partial charge in [0.05, 0.1) is 11.6 Å². The van der Waals surface area contributed by atoms with Crippen LogP contribution < -0.4 is 11.3 Å². The van der Waals surface area contributed by atoms with E-state index in [1.807, 2.05) is 7.11 Å². The molecule has 0 heterocycles. The average Bonchev–Trinajstić information content (AvgIpc) is 2.37. The van der Waals surface area contributed by atoms with Gasteiger partial charge in [0, 0.05) is 7.11 Å². The van der Waals surface area contributed by atoms with Crippen LogP contribution in [0, 0.1) is 11.3 Å². The lowest BCUT2D eigenvalue weighted by Gasteiger charge is -2.49. The molecule has 0 aromatic carbocycles. The van der Waals surface area contributed by atoms with Gasteiger partial charge in [0.1, 0.15) is 0 Å². The molecule has 0 amide bonds. The van der Waals surface area contributed by atoms with Crippen molar-refractivity contribution in [1.82, 2.24) is 5.43 Å². The Kier molecular flexibility index (Phi) is 5.63. The van der Waals surface area contributed by atoms with Crippen LogP contribution in [0.25, 0.3) is 0 Å². The summed E-state index contributed by atoms with van der Waals surface area (Å²) < 4.78 is 5.97. The predicted octanol–water partition coefficient (Wildman–Crippen LogP) is 3.24. The molecule has 1 aliphatic rings. The molecule has 108 valence electrons. The number of hydrogen-bond acceptors (Lipinski definition) is 3. The zero-order valence-electron chi connectivity index (χ0n) is 12.9. The first-order chi connectivity index (χ1) is 8.44. The molecule has 3 N–H and O–H groups in total. The SMILES string of the molecule is CCC(CC)C(NN)C1(OC)CCC(C)(C)CC1. The smallest absolute Gasteiger partial charge is 0.0847 e. The molecular formula is C15H32N2O. The van der Waals surface area contributed by atoms with Crippen molar-refractivity contribution >= 4 is 0 Å². The van der Waals surface area contributed by atoms with E-state index in [1.165, 1.54) is 12.8 Å². The lowest BCUT2D eigenvalue weighted by atomic mass is 9.66. The molecular weight excluding hydrogens is 224 g/mol. The van der Waals surface area contributed by atoms with Crippen LogP contribution in [0.5, 0.6) is 0 Å². The van der Waals surface area contributed by atoms with Crippen molar-refractivity contribution in [3.05, 3.63) is 0 Å². The first-order valence-electron chi connectivity index (χ1n) is 7.46. The molecule has 1 aliphatic carbocycles. The Hall–Kier alpha value is -0.120. The van der Waals surface area contributed by atoms with Gasteiger partial charge >= 0.3 is 0 Å². The fraction of sp³-hybridized carbons (Fsp3) is 1.00. The zero-order chi connectivity index (χ0) is 13.8. The van der Waals surface area contributed by atoms with E-state index < -0.39 is 0 Å². The standard InChI is InChI=1S/C15H32N2O/c1-6-12(7-2)13(17-16)15(18-5)10-8-14(3,4)9-11-15/h12-13,17H,6-11,16H2,1-5H3. The van der Waals surface area contributed by atoms with E-state index >= 15 is 0 Å². The second-order valence-corrected chi connectivity index (χ2v) is 6.65. The van der Waals surface area contributed by atoms with Crippen LogP contribution in [0.1, 0.15) is 66.2 Å². The van der Waals surface area contributed by atoms with Crippen molar-refractivity contribution in [2.45, 2.75) is 77.9 Å². The van der Waals surface area contributed by atoms with E-state index in [9.17, 15) is 0 Å². The van der Waals surface area contributed by atoms with Crippen LogP contribution in [-0.4, -0.2) is 18.8 Å². The van der Waals surface area contributed by atoms with Crippen molar-refractivity contribution < 1.29 is 4.74 Å². The van der Waals surface area contributed by atoms with Crippen LogP contribution in [0.4, 0.5) is 0 Å². The Balaban J connectivity index is 2.85. The Morgan fingerprint density at radius 3 is 1.94 bits per heavy atom. The molecule has 1 saturated carbocycles. The first kappa shape index (κ1) is 15.9. The summed E-state index contributed by atoms with van der Waals surface area (Å²) in [7, 11) is 1.85. The predicted molar refractivity (Wildman–Crippen MR) is 77.2 cm³/mol. The highest BCUT2D eigenvalue weighted by atomic mass is 16.5. The van der Waals surface area contributed by atoms with Crippen molar-refractivity contribution in [3.63, 3.8) is 0 Å². The van der Waals surface area contributed by atoms with Gasteiger partial charge in [0.25, 0.3) is 0 Å². The highest BCUT2D eigenvalue weighted by molar-refractivity contribution is 5.00. The summed E-state index contributed by atoms with van der Waals surface area (Å²) >= 11 is 0. The van der Waals surface area contributed by atoms with Gasteiger partial charge in [-0.15, -0.1) is 0 Å². The average molecular weight is 256 g/mol. The third-order valence-corrected chi connectivity index (χ3v) is 5.12. The van der Waals surface area contributed by atoms with Crippen molar-refractivity contribution in [2.24, 2.45) is 17.2 Å². The maximum atomic E-state index is 5.97. The number of methoxy groups -OCH3 is 1.